The summed E-state index contributed by atoms with van der Waals surface area (Å²) in [5, 5.41) is 27.9. The van der Waals surface area contributed by atoms with E-state index in [2.05, 4.69) is 27.8 Å². The molecule has 4 aromatic carbocycles. The van der Waals surface area contributed by atoms with Crippen molar-refractivity contribution in [3.8, 4) is 22.9 Å². The minimum Gasteiger partial charge on any atom is -0.506 e. The second-order valence-corrected chi connectivity index (χ2v) is 14.2. The van der Waals surface area contributed by atoms with Crippen LogP contribution in [-0.4, -0.2) is 37.2 Å². The number of hydrogen-bond donors (Lipinski definition) is 2. The molecule has 270 valence electrons. The third-order valence-corrected chi connectivity index (χ3v) is 10.2. The fourth-order valence-corrected chi connectivity index (χ4v) is 7.31. The number of fused-ring (bicyclic) bond motifs is 1. The summed E-state index contributed by atoms with van der Waals surface area (Å²) in [7, 11) is 0. The minimum atomic E-state index is -0.432. The number of rotatable bonds is 23. The van der Waals surface area contributed by atoms with E-state index in [9.17, 15) is 9.90 Å². The van der Waals surface area contributed by atoms with Gasteiger partial charge >= 0.3 is 0 Å². The smallest absolute Gasteiger partial charge is 0.259 e. The van der Waals surface area contributed by atoms with Crippen molar-refractivity contribution in [2.24, 2.45) is 0 Å². The van der Waals surface area contributed by atoms with Crippen LogP contribution >= 0.6 is 11.9 Å². The fraction of sp³-hybridized carbons (Fsp3) is 0.429. The summed E-state index contributed by atoms with van der Waals surface area (Å²) in [6, 6.07) is 26.3. The van der Waals surface area contributed by atoms with Crippen LogP contribution < -0.4 is 10.1 Å². The second-order valence-electron chi connectivity index (χ2n) is 13.3. The molecule has 1 aromatic heterocycles. The first-order chi connectivity index (χ1) is 25.2. The first kappa shape index (κ1) is 37.9. The zero-order valence-electron chi connectivity index (χ0n) is 30.1. The number of aromatic nitrogens is 4. The van der Waals surface area contributed by atoms with Crippen LogP contribution in [0.1, 0.15) is 120 Å². The van der Waals surface area contributed by atoms with Crippen molar-refractivity contribution >= 4 is 34.3 Å². The lowest BCUT2D eigenvalue weighted by Crippen LogP contribution is -2.14. The van der Waals surface area contributed by atoms with Crippen molar-refractivity contribution in [1.29, 1.82) is 0 Å². The zero-order valence-corrected chi connectivity index (χ0v) is 30.9. The topological polar surface area (TPSA) is 102 Å². The average Bonchev–Trinajstić information content (AvgIpc) is 3.63. The highest BCUT2D eigenvalue weighted by Crippen LogP contribution is 2.38. The Bertz CT molecular complexity index is 1780. The Morgan fingerprint density at radius 1 is 0.725 bits per heavy atom. The molecular weight excluding hydrogens is 655 g/mol. The third-order valence-electron chi connectivity index (χ3n) is 9.27. The summed E-state index contributed by atoms with van der Waals surface area (Å²) in [5.41, 5.74) is 1.58. The highest BCUT2D eigenvalue weighted by Gasteiger charge is 2.21. The summed E-state index contributed by atoms with van der Waals surface area (Å²) in [4.78, 5) is 14.5. The zero-order chi connectivity index (χ0) is 35.5. The minimum absolute atomic E-state index is 0.0842. The van der Waals surface area contributed by atoms with Crippen LogP contribution in [0.25, 0.3) is 22.2 Å². The highest BCUT2D eigenvalue weighted by atomic mass is 32.2. The molecule has 0 aliphatic heterocycles. The van der Waals surface area contributed by atoms with E-state index in [-0.39, 0.29) is 11.3 Å². The number of carbonyl (C=O) groups excluding carboxylic acids is 1. The summed E-state index contributed by atoms with van der Waals surface area (Å²) in [5.74, 6) is 0.680. The maximum atomic E-state index is 13.7. The van der Waals surface area contributed by atoms with E-state index in [1.54, 1.807) is 16.2 Å². The Hall–Kier alpha value is -4.37. The van der Waals surface area contributed by atoms with Gasteiger partial charge in [-0.25, -0.2) is 0 Å². The maximum Gasteiger partial charge on any atom is 0.259 e. The quantitative estimate of drug-likeness (QED) is 0.0651. The van der Waals surface area contributed by atoms with Gasteiger partial charge in [0.1, 0.15) is 11.5 Å². The van der Waals surface area contributed by atoms with Crippen LogP contribution in [0.15, 0.2) is 89.8 Å². The number of hydrogen-bond acceptors (Lipinski definition) is 7. The van der Waals surface area contributed by atoms with Crippen LogP contribution in [-0.2, 0) is 0 Å². The van der Waals surface area contributed by atoms with Crippen molar-refractivity contribution in [3.63, 3.8) is 0 Å². The Morgan fingerprint density at radius 3 is 1.96 bits per heavy atom. The van der Waals surface area contributed by atoms with Gasteiger partial charge in [0.2, 0.25) is 0 Å². The molecule has 1 amide bonds. The number of para-hydroxylation sites is 2. The number of phenols is 1. The standard InChI is InChI=1S/C42H53N5O3S/c1-2-3-4-5-6-7-8-9-10-11-12-13-14-15-16-24-31-50-38-30-23-22-29-37(38)43-42(49)36-32-39(34-27-20-21-28-35(34)40(36)48)51-47-41(44-45-46-47)33-25-18-17-19-26-33/h17-23,25-30,32,48H,2-16,24,31H2,1H3,(H,43,49). The molecule has 0 radical (unpaired) electrons. The predicted octanol–water partition coefficient (Wildman–Crippen LogP) is 11.6. The van der Waals surface area contributed by atoms with Crippen molar-refractivity contribution in [1.82, 2.24) is 19.6 Å². The van der Waals surface area contributed by atoms with E-state index in [1.807, 2.05) is 72.8 Å². The van der Waals surface area contributed by atoms with Gasteiger partial charge in [-0.05, 0) is 35.0 Å². The number of benzene rings is 4. The van der Waals surface area contributed by atoms with Gasteiger partial charge in [0, 0.05) is 33.2 Å². The number of amides is 1. The van der Waals surface area contributed by atoms with Crippen LogP contribution in [0.5, 0.6) is 11.5 Å². The van der Waals surface area contributed by atoms with E-state index in [0.717, 1.165) is 28.7 Å². The van der Waals surface area contributed by atoms with Crippen molar-refractivity contribution in [2.75, 3.05) is 11.9 Å². The summed E-state index contributed by atoms with van der Waals surface area (Å²) in [6.07, 6.45) is 21.2. The third kappa shape index (κ3) is 11.6. The van der Waals surface area contributed by atoms with Crippen molar-refractivity contribution < 1.29 is 14.6 Å². The monoisotopic (exact) mass is 707 g/mol. The van der Waals surface area contributed by atoms with Crippen LogP contribution in [0.2, 0.25) is 0 Å². The van der Waals surface area contributed by atoms with Crippen LogP contribution in [0, 0.1) is 0 Å². The van der Waals surface area contributed by atoms with Crippen molar-refractivity contribution in [3.05, 3.63) is 90.5 Å². The Labute approximate surface area is 307 Å². The molecule has 0 aliphatic rings. The van der Waals surface area contributed by atoms with Gasteiger partial charge < -0.3 is 15.2 Å². The first-order valence-corrected chi connectivity index (χ1v) is 19.7. The van der Waals surface area contributed by atoms with E-state index in [4.69, 9.17) is 4.74 Å². The second kappa shape index (κ2) is 21.1. The molecule has 1 heterocycles. The van der Waals surface area contributed by atoms with Gasteiger partial charge in [0.15, 0.2) is 5.82 Å². The molecule has 0 atom stereocenters. The normalized spacial score (nSPS) is 11.2. The molecular formula is C42H53N5O3S. The molecule has 5 rings (SSSR count). The Balaban J connectivity index is 1.09. The summed E-state index contributed by atoms with van der Waals surface area (Å²) in [6.45, 7) is 2.86. The molecule has 0 spiro atoms. The number of nitrogens with one attached hydrogen (secondary N) is 1. The number of carbonyl (C=O) groups is 1. The molecule has 2 N–H and O–H groups in total. The molecule has 9 heteroatoms. The number of anilines is 1. The van der Waals surface area contributed by atoms with Crippen molar-refractivity contribution in [2.45, 2.75) is 115 Å². The van der Waals surface area contributed by atoms with Gasteiger partial charge in [-0.2, -0.15) is 4.09 Å². The molecule has 0 saturated heterocycles. The van der Waals surface area contributed by atoms with Gasteiger partial charge in [-0.3, -0.25) is 4.79 Å². The first-order valence-electron chi connectivity index (χ1n) is 19.0. The number of phenolic OH excluding ortho intramolecular Hbond substituents is 1. The molecule has 5 aromatic rings. The highest BCUT2D eigenvalue weighted by molar-refractivity contribution is 7.98. The summed E-state index contributed by atoms with van der Waals surface area (Å²) < 4.78 is 7.76. The largest absolute Gasteiger partial charge is 0.506 e. The average molecular weight is 708 g/mol. The SMILES string of the molecule is CCCCCCCCCCCCCCCCCCOc1ccccc1NC(=O)c1cc(Sn2nnnc2-c2ccccc2)c2ccccc2c1O. The maximum absolute atomic E-state index is 13.7. The lowest BCUT2D eigenvalue weighted by atomic mass is 10.0. The Morgan fingerprint density at radius 2 is 1.29 bits per heavy atom. The van der Waals surface area contributed by atoms with E-state index < -0.39 is 5.91 Å². The Kier molecular flexibility index (Phi) is 15.7. The predicted molar refractivity (Wildman–Crippen MR) is 210 cm³/mol. The van der Waals surface area contributed by atoms with E-state index in [1.165, 1.54) is 102 Å². The number of unbranched alkanes of at least 4 members (excludes halogenated alkanes) is 15. The van der Waals surface area contributed by atoms with E-state index in [0.29, 0.717) is 29.3 Å². The van der Waals surface area contributed by atoms with E-state index >= 15 is 0 Å². The fourth-order valence-electron chi connectivity index (χ4n) is 6.38. The van der Waals surface area contributed by atoms with Crippen LogP contribution in [0.4, 0.5) is 5.69 Å². The lowest BCUT2D eigenvalue weighted by molar-refractivity contribution is 0.102. The number of aromatic hydroxyl groups is 1. The molecule has 0 unspecified atom stereocenters. The molecule has 8 nitrogen and oxygen atoms in total. The van der Waals surface area contributed by atoms with Gasteiger partial charge in [-0.1, -0.05) is 170 Å². The van der Waals surface area contributed by atoms with Gasteiger partial charge in [0.05, 0.1) is 17.9 Å². The lowest BCUT2D eigenvalue weighted by Gasteiger charge is -2.15. The van der Waals surface area contributed by atoms with Crippen LogP contribution in [0.3, 0.4) is 0 Å². The molecule has 51 heavy (non-hydrogen) atoms. The molecule has 0 bridgehead atoms. The molecule has 0 fully saturated rings. The summed E-state index contributed by atoms with van der Waals surface area (Å²) >= 11 is 1.29. The number of nitrogens with zero attached hydrogens (tertiary/aromatic N) is 4. The number of ether oxygens (including phenoxy) is 1. The number of tetrazole rings is 1. The van der Waals surface area contributed by atoms with Gasteiger partial charge in [0.25, 0.3) is 5.91 Å². The molecule has 0 aliphatic carbocycles. The molecule has 0 saturated carbocycles. The van der Waals surface area contributed by atoms with Gasteiger partial charge in [-0.15, -0.1) is 5.10 Å².